The molecule has 0 N–H and O–H groups in total. The van der Waals surface area contributed by atoms with Gasteiger partial charge in [-0.2, -0.15) is 0 Å². The number of carbonyl (C=O) groups is 1. The van der Waals surface area contributed by atoms with Crippen molar-refractivity contribution < 1.29 is 9.72 Å². The van der Waals surface area contributed by atoms with Crippen LogP contribution in [0.4, 0.5) is 5.69 Å². The van der Waals surface area contributed by atoms with E-state index < -0.39 is 4.92 Å². The number of likely N-dealkylation sites (tertiary alicyclic amines) is 1. The third kappa shape index (κ3) is 2.77. The molecule has 0 bridgehead atoms. The molecule has 0 unspecified atom stereocenters. The van der Waals surface area contributed by atoms with Gasteiger partial charge in [0, 0.05) is 23.2 Å². The Hall–Kier alpha value is -1.62. The number of hydrogen-bond acceptors (Lipinski definition) is 3. The van der Waals surface area contributed by atoms with E-state index in [4.69, 9.17) is 11.6 Å². The zero-order valence-corrected chi connectivity index (χ0v) is 12.3. The molecular weight excluding hydrogens is 280 g/mol. The van der Waals surface area contributed by atoms with Gasteiger partial charge in [0.15, 0.2) is 0 Å². The predicted molar refractivity (Wildman–Crippen MR) is 77.1 cm³/mol. The first-order chi connectivity index (χ1) is 9.41. The number of carbonyl (C=O) groups excluding carboxylic acids is 1. The summed E-state index contributed by atoms with van der Waals surface area (Å²) in [7, 11) is 0. The molecule has 1 heterocycles. The summed E-state index contributed by atoms with van der Waals surface area (Å²) < 4.78 is 0. The van der Waals surface area contributed by atoms with Gasteiger partial charge < -0.3 is 4.90 Å². The Morgan fingerprint density at radius 3 is 2.50 bits per heavy atom. The van der Waals surface area contributed by atoms with Crippen LogP contribution in [0, 0.1) is 10.1 Å². The van der Waals surface area contributed by atoms with Gasteiger partial charge in [-0.25, -0.2) is 0 Å². The third-order valence-corrected chi connectivity index (χ3v) is 4.05. The number of piperidine rings is 1. The Labute approximate surface area is 122 Å². The first-order valence-corrected chi connectivity index (χ1v) is 7.06. The lowest BCUT2D eigenvalue weighted by Crippen LogP contribution is -2.47. The number of rotatable bonds is 2. The maximum atomic E-state index is 12.6. The van der Waals surface area contributed by atoms with E-state index in [0.717, 1.165) is 19.3 Å². The topological polar surface area (TPSA) is 63.5 Å². The Bertz CT molecular complexity index is 537. The molecule has 1 aliphatic heterocycles. The number of nitro groups is 1. The van der Waals surface area contributed by atoms with E-state index in [1.165, 1.54) is 18.2 Å². The maximum Gasteiger partial charge on any atom is 0.283 e. The van der Waals surface area contributed by atoms with Crippen LogP contribution >= 0.6 is 11.6 Å². The molecule has 108 valence electrons. The minimum atomic E-state index is -0.557. The zero-order valence-electron chi connectivity index (χ0n) is 11.5. The molecule has 0 aromatic heterocycles. The van der Waals surface area contributed by atoms with E-state index in [-0.39, 0.29) is 34.3 Å². The molecule has 6 heteroatoms. The molecule has 1 aromatic carbocycles. The van der Waals surface area contributed by atoms with Crippen molar-refractivity contribution in [2.75, 3.05) is 0 Å². The van der Waals surface area contributed by atoms with Crippen LogP contribution in [0.3, 0.4) is 0 Å². The van der Waals surface area contributed by atoms with E-state index in [9.17, 15) is 14.9 Å². The van der Waals surface area contributed by atoms with E-state index in [2.05, 4.69) is 0 Å². The van der Waals surface area contributed by atoms with E-state index in [1.54, 1.807) is 4.90 Å². The van der Waals surface area contributed by atoms with Crippen molar-refractivity contribution >= 4 is 23.2 Å². The minimum absolute atomic E-state index is 0.0986. The molecule has 0 saturated carbocycles. The second-order valence-electron chi connectivity index (χ2n) is 5.26. The lowest BCUT2D eigenvalue weighted by molar-refractivity contribution is -0.385. The van der Waals surface area contributed by atoms with Gasteiger partial charge in [-0.1, -0.05) is 11.6 Å². The van der Waals surface area contributed by atoms with Gasteiger partial charge in [0.05, 0.1) is 4.92 Å². The smallest absolute Gasteiger partial charge is 0.283 e. The molecule has 2 rings (SSSR count). The fraction of sp³-hybridized carbons (Fsp3) is 0.500. The summed E-state index contributed by atoms with van der Waals surface area (Å²) in [6.07, 6.45) is 2.93. The number of halogens is 1. The molecule has 0 radical (unpaired) electrons. The van der Waals surface area contributed by atoms with E-state index >= 15 is 0 Å². The molecular formula is C14H17ClN2O3. The molecule has 5 nitrogen and oxygen atoms in total. The monoisotopic (exact) mass is 296 g/mol. The molecule has 20 heavy (non-hydrogen) atoms. The summed E-state index contributed by atoms with van der Waals surface area (Å²) in [6, 6.07) is 4.38. The highest BCUT2D eigenvalue weighted by Crippen LogP contribution is 2.29. The number of nitro benzene ring substituents is 1. The Balaban J connectivity index is 2.40. The van der Waals surface area contributed by atoms with Gasteiger partial charge in [0.25, 0.3) is 11.6 Å². The molecule has 1 aromatic rings. The summed E-state index contributed by atoms with van der Waals surface area (Å²) in [5, 5.41) is 11.4. The highest BCUT2D eigenvalue weighted by molar-refractivity contribution is 6.31. The van der Waals surface area contributed by atoms with Crippen LogP contribution in [0.2, 0.25) is 5.02 Å². The van der Waals surface area contributed by atoms with Crippen molar-refractivity contribution in [3.05, 3.63) is 38.9 Å². The number of benzene rings is 1. The van der Waals surface area contributed by atoms with Crippen LogP contribution in [-0.2, 0) is 0 Å². The normalized spacial score (nSPS) is 22.6. The molecule has 0 aliphatic carbocycles. The Kier molecular flexibility index (Phi) is 4.28. The standard InChI is InChI=1S/C14H17ClN2O3/c1-9-4-3-5-10(2)16(9)14(18)12-7-6-11(15)8-13(12)17(19)20/h6-10H,3-5H2,1-2H3/t9-,10-/m1/s1. The number of nitrogens with zero attached hydrogens (tertiary/aromatic N) is 2. The van der Waals surface area contributed by atoms with Crippen molar-refractivity contribution in [2.45, 2.75) is 45.2 Å². The van der Waals surface area contributed by atoms with Gasteiger partial charge in [-0.3, -0.25) is 14.9 Å². The fourth-order valence-electron chi connectivity index (χ4n) is 2.80. The maximum absolute atomic E-state index is 12.6. The van der Waals surface area contributed by atoms with Gasteiger partial charge in [-0.05, 0) is 45.2 Å². The lowest BCUT2D eigenvalue weighted by atomic mass is 9.96. The fourth-order valence-corrected chi connectivity index (χ4v) is 2.96. The summed E-state index contributed by atoms with van der Waals surface area (Å²) in [5.41, 5.74) is -0.118. The van der Waals surface area contributed by atoms with Crippen molar-refractivity contribution in [3.63, 3.8) is 0 Å². The second-order valence-corrected chi connectivity index (χ2v) is 5.70. The van der Waals surface area contributed by atoms with Gasteiger partial charge in [0.1, 0.15) is 5.56 Å². The van der Waals surface area contributed by atoms with Crippen LogP contribution in [0.15, 0.2) is 18.2 Å². The van der Waals surface area contributed by atoms with Crippen molar-refractivity contribution in [1.82, 2.24) is 4.90 Å². The largest absolute Gasteiger partial charge is 0.333 e. The SMILES string of the molecule is C[C@@H]1CCC[C@@H](C)N1C(=O)c1ccc(Cl)cc1[N+](=O)[O-]. The Morgan fingerprint density at radius 1 is 1.35 bits per heavy atom. The summed E-state index contributed by atoms with van der Waals surface area (Å²) in [4.78, 5) is 24.9. The number of hydrogen-bond donors (Lipinski definition) is 0. The van der Waals surface area contributed by atoms with Crippen molar-refractivity contribution in [2.24, 2.45) is 0 Å². The highest BCUT2D eigenvalue weighted by Gasteiger charge is 2.33. The molecule has 0 spiro atoms. The lowest BCUT2D eigenvalue weighted by Gasteiger charge is -2.39. The number of amides is 1. The average molecular weight is 297 g/mol. The molecule has 1 amide bonds. The van der Waals surface area contributed by atoms with Gasteiger partial charge in [0.2, 0.25) is 0 Å². The quantitative estimate of drug-likeness (QED) is 0.618. The first kappa shape index (κ1) is 14.8. The van der Waals surface area contributed by atoms with Crippen LogP contribution < -0.4 is 0 Å². The van der Waals surface area contributed by atoms with Gasteiger partial charge >= 0.3 is 0 Å². The molecule has 1 saturated heterocycles. The molecule has 1 aliphatic rings. The summed E-state index contributed by atoms with van der Waals surface area (Å²) >= 11 is 5.78. The Morgan fingerprint density at radius 2 is 1.95 bits per heavy atom. The van der Waals surface area contributed by atoms with Crippen LogP contribution in [0.25, 0.3) is 0 Å². The summed E-state index contributed by atoms with van der Waals surface area (Å²) in [5.74, 6) is -0.284. The second kappa shape index (κ2) is 5.79. The van der Waals surface area contributed by atoms with E-state index in [0.29, 0.717) is 0 Å². The molecule has 2 atom stereocenters. The summed E-state index contributed by atoms with van der Waals surface area (Å²) in [6.45, 7) is 3.96. The van der Waals surface area contributed by atoms with Crippen molar-refractivity contribution in [3.8, 4) is 0 Å². The van der Waals surface area contributed by atoms with Gasteiger partial charge in [-0.15, -0.1) is 0 Å². The first-order valence-electron chi connectivity index (χ1n) is 6.68. The molecule has 1 fully saturated rings. The van der Waals surface area contributed by atoms with Crippen LogP contribution in [-0.4, -0.2) is 27.8 Å². The predicted octanol–water partition coefficient (Wildman–Crippen LogP) is 3.65. The zero-order chi connectivity index (χ0) is 14.9. The third-order valence-electron chi connectivity index (χ3n) is 3.81. The van der Waals surface area contributed by atoms with Crippen LogP contribution in [0.5, 0.6) is 0 Å². The van der Waals surface area contributed by atoms with Crippen molar-refractivity contribution in [1.29, 1.82) is 0 Å². The van der Waals surface area contributed by atoms with E-state index in [1.807, 2.05) is 13.8 Å². The average Bonchev–Trinajstić information content (AvgIpc) is 2.38. The highest BCUT2D eigenvalue weighted by atomic mass is 35.5. The van der Waals surface area contributed by atoms with Crippen LogP contribution in [0.1, 0.15) is 43.5 Å². The minimum Gasteiger partial charge on any atom is -0.333 e.